The minimum Gasteiger partial charge on any atom is -0.394 e. The van der Waals surface area contributed by atoms with Gasteiger partial charge in [-0.05, 0) is 19.3 Å². The fourth-order valence-corrected chi connectivity index (χ4v) is 6.78. The van der Waals surface area contributed by atoms with Crippen LogP contribution in [0.3, 0.4) is 0 Å². The third kappa shape index (κ3) is 10.7. The van der Waals surface area contributed by atoms with Crippen molar-refractivity contribution in [2.75, 3.05) is 39.4 Å². The highest BCUT2D eigenvalue weighted by Gasteiger charge is 2.54. The van der Waals surface area contributed by atoms with Crippen molar-refractivity contribution in [1.82, 2.24) is 10.6 Å². The molecule has 4 aliphatic rings. The summed E-state index contributed by atoms with van der Waals surface area (Å²) in [6.07, 6.45) is -21.1. The van der Waals surface area contributed by atoms with Crippen LogP contribution in [0.4, 0.5) is 0 Å². The maximum absolute atomic E-state index is 12.8. The van der Waals surface area contributed by atoms with Crippen molar-refractivity contribution in [2.24, 2.45) is 28.7 Å². The SMILES string of the molecule is NC[C@@H]1O[C@H](O[C@H]2[C@@H](O)[C@H](O[C@@H]3[C@@H](O)[C@H](NC(=O)[C@@H](O)[C@@H](O)CN)C[C@H](N)[C@H]3O[C@H]3O[C@H](CNCC(O)CO)CC[C@H]3N)O[C@@H]2CO)[C@H](N)[C@@H](O)[C@@H]1O. The second-order valence-electron chi connectivity index (χ2n) is 14.0. The maximum Gasteiger partial charge on any atom is 0.251 e. The second-order valence-corrected chi connectivity index (χ2v) is 14.0. The number of aliphatic hydroxyl groups is 9. The molecule has 3 saturated heterocycles. The Morgan fingerprint density at radius 1 is 0.774 bits per heavy atom. The lowest BCUT2D eigenvalue weighted by Gasteiger charge is -2.46. The fourth-order valence-electron chi connectivity index (χ4n) is 6.78. The molecule has 4 fully saturated rings. The number of ether oxygens (including phenoxy) is 6. The fraction of sp³-hybridized carbons (Fsp3) is 0.967. The van der Waals surface area contributed by atoms with E-state index in [1.807, 2.05) is 0 Å². The molecule has 53 heavy (non-hydrogen) atoms. The minimum absolute atomic E-state index is 0.103. The Labute approximate surface area is 305 Å². The van der Waals surface area contributed by atoms with Crippen molar-refractivity contribution >= 4 is 5.91 Å². The monoisotopic (exact) mass is 773 g/mol. The minimum atomic E-state index is -1.94. The topological polar surface area (TPSA) is 409 Å². The molecule has 20 atom stereocenters. The van der Waals surface area contributed by atoms with E-state index in [1.54, 1.807) is 0 Å². The van der Waals surface area contributed by atoms with Gasteiger partial charge in [-0.15, -0.1) is 0 Å². The van der Waals surface area contributed by atoms with E-state index in [2.05, 4.69) is 10.6 Å². The zero-order valence-electron chi connectivity index (χ0n) is 29.2. The molecule has 0 bridgehead atoms. The molecule has 0 spiro atoms. The van der Waals surface area contributed by atoms with Crippen LogP contribution in [0.1, 0.15) is 19.3 Å². The number of rotatable bonds is 17. The summed E-state index contributed by atoms with van der Waals surface area (Å²) in [5.74, 6) is -1.06. The highest BCUT2D eigenvalue weighted by atomic mass is 16.8. The van der Waals surface area contributed by atoms with Crippen LogP contribution >= 0.6 is 0 Å². The standard InChI is InChI=1S/C30H59N7O16/c31-4-15(41)20(43)27(47)37-14-3-13(34)24(51-28-12(33)2-1-11(48-28)7-36-6-10(40)8-38)26(19(14)42)53-30-23(46)25(17(9-39)50-30)52-29-18(35)22(45)21(44)16(5-32)49-29/h10-26,28-30,36,38-46H,1-9,31-35H2,(H,37,47)/t10?,11-,12+,13-,14+,15-,16-,17+,18+,19-,20-,21+,22+,23+,24+,25+,26+,28+,29+,30-/m0/s1. The van der Waals surface area contributed by atoms with Gasteiger partial charge in [-0.1, -0.05) is 0 Å². The van der Waals surface area contributed by atoms with Crippen LogP contribution in [-0.4, -0.2) is 214 Å². The van der Waals surface area contributed by atoms with Gasteiger partial charge in [0.25, 0.3) is 5.91 Å². The van der Waals surface area contributed by atoms with E-state index in [1.165, 1.54) is 0 Å². The van der Waals surface area contributed by atoms with E-state index in [-0.39, 0.29) is 26.1 Å². The van der Waals surface area contributed by atoms with Gasteiger partial charge in [0.05, 0.1) is 43.5 Å². The van der Waals surface area contributed by atoms with E-state index >= 15 is 0 Å². The van der Waals surface area contributed by atoms with Crippen LogP contribution < -0.4 is 39.3 Å². The van der Waals surface area contributed by atoms with Crippen LogP contribution in [0, 0.1) is 0 Å². The molecule has 1 saturated carbocycles. The van der Waals surface area contributed by atoms with E-state index in [0.717, 1.165) is 0 Å². The summed E-state index contributed by atoms with van der Waals surface area (Å²) in [4.78, 5) is 12.8. The van der Waals surface area contributed by atoms with Gasteiger partial charge < -0.3 is 114 Å². The molecule has 3 aliphatic heterocycles. The Morgan fingerprint density at radius 3 is 2.08 bits per heavy atom. The quantitative estimate of drug-likeness (QED) is 0.0652. The van der Waals surface area contributed by atoms with Crippen molar-refractivity contribution in [3.05, 3.63) is 0 Å². The lowest BCUT2D eigenvalue weighted by molar-refractivity contribution is -0.290. The molecule has 310 valence electrons. The van der Waals surface area contributed by atoms with Crippen molar-refractivity contribution < 1.29 is 79.2 Å². The molecule has 21 N–H and O–H groups in total. The first-order chi connectivity index (χ1) is 25.1. The van der Waals surface area contributed by atoms with Gasteiger partial charge in [0.2, 0.25) is 0 Å². The number of aliphatic hydroxyl groups excluding tert-OH is 9. The highest BCUT2D eigenvalue weighted by Crippen LogP contribution is 2.34. The zero-order valence-corrected chi connectivity index (χ0v) is 29.2. The number of nitrogens with one attached hydrogen (secondary N) is 2. The molecule has 0 aromatic heterocycles. The Kier molecular flexibility index (Phi) is 16.9. The third-order valence-electron chi connectivity index (χ3n) is 10.0. The third-order valence-corrected chi connectivity index (χ3v) is 10.0. The lowest BCUT2D eigenvalue weighted by Crippen LogP contribution is -2.67. The maximum atomic E-state index is 12.8. The average molecular weight is 774 g/mol. The van der Waals surface area contributed by atoms with Gasteiger partial charge in [-0.2, -0.15) is 0 Å². The summed E-state index contributed by atoms with van der Waals surface area (Å²) in [5.41, 5.74) is 30.0. The Balaban J connectivity index is 1.54. The van der Waals surface area contributed by atoms with Crippen LogP contribution in [0.25, 0.3) is 0 Å². The van der Waals surface area contributed by atoms with E-state index in [4.69, 9.17) is 62.2 Å². The Hall–Kier alpha value is -1.37. The smallest absolute Gasteiger partial charge is 0.251 e. The Morgan fingerprint density at radius 2 is 1.43 bits per heavy atom. The second kappa shape index (κ2) is 20.2. The van der Waals surface area contributed by atoms with Crippen LogP contribution in [0.15, 0.2) is 0 Å². The molecule has 1 aliphatic carbocycles. The first-order valence-electron chi connectivity index (χ1n) is 17.7. The average Bonchev–Trinajstić information content (AvgIpc) is 3.44. The van der Waals surface area contributed by atoms with Crippen LogP contribution in [0.2, 0.25) is 0 Å². The van der Waals surface area contributed by atoms with Crippen LogP contribution in [0.5, 0.6) is 0 Å². The molecular formula is C30H59N7O16. The largest absolute Gasteiger partial charge is 0.394 e. The highest BCUT2D eigenvalue weighted by molar-refractivity contribution is 5.81. The van der Waals surface area contributed by atoms with E-state index < -0.39 is 148 Å². The summed E-state index contributed by atoms with van der Waals surface area (Å²) >= 11 is 0. The predicted octanol–water partition coefficient (Wildman–Crippen LogP) is -10.0. The molecule has 0 radical (unpaired) electrons. The summed E-state index contributed by atoms with van der Waals surface area (Å²) in [6.45, 7) is -1.40. The van der Waals surface area contributed by atoms with Gasteiger partial charge in [-0.25, -0.2) is 0 Å². The molecule has 23 heteroatoms. The summed E-state index contributed by atoms with van der Waals surface area (Å²) < 4.78 is 35.7. The number of hydrogen-bond acceptors (Lipinski definition) is 22. The van der Waals surface area contributed by atoms with Crippen molar-refractivity contribution in [3.63, 3.8) is 0 Å². The molecular weight excluding hydrogens is 714 g/mol. The number of amides is 1. The summed E-state index contributed by atoms with van der Waals surface area (Å²) in [7, 11) is 0. The molecule has 0 aromatic rings. The number of nitrogens with two attached hydrogens (primary N) is 5. The van der Waals surface area contributed by atoms with Gasteiger partial charge in [0.15, 0.2) is 25.0 Å². The molecule has 4 rings (SSSR count). The lowest BCUT2D eigenvalue weighted by atomic mass is 9.83. The first-order valence-corrected chi connectivity index (χ1v) is 17.7. The summed E-state index contributed by atoms with van der Waals surface area (Å²) in [6, 6.07) is -4.19. The van der Waals surface area contributed by atoms with Gasteiger partial charge in [0, 0.05) is 32.2 Å². The van der Waals surface area contributed by atoms with Crippen molar-refractivity contribution in [1.29, 1.82) is 0 Å². The van der Waals surface area contributed by atoms with E-state index in [9.17, 15) is 45.6 Å². The number of hydrogen-bond donors (Lipinski definition) is 16. The van der Waals surface area contributed by atoms with Gasteiger partial charge in [0.1, 0.15) is 61.0 Å². The normalized spacial score (nSPS) is 44.0. The van der Waals surface area contributed by atoms with E-state index in [0.29, 0.717) is 12.8 Å². The first kappa shape index (κ1) is 44.3. The van der Waals surface area contributed by atoms with Gasteiger partial charge in [-0.3, -0.25) is 4.79 Å². The van der Waals surface area contributed by atoms with Crippen LogP contribution in [-0.2, 0) is 33.2 Å². The van der Waals surface area contributed by atoms with Crippen molar-refractivity contribution in [3.8, 4) is 0 Å². The predicted molar refractivity (Wildman–Crippen MR) is 178 cm³/mol. The number of carbonyl (C=O) groups is 1. The molecule has 0 aromatic carbocycles. The molecule has 1 amide bonds. The Bertz CT molecular complexity index is 1120. The zero-order chi connectivity index (χ0) is 39.1. The van der Waals surface area contributed by atoms with Crippen molar-refractivity contribution in [2.45, 2.75) is 142 Å². The van der Waals surface area contributed by atoms with Gasteiger partial charge >= 0.3 is 0 Å². The molecule has 1 unspecified atom stereocenters. The molecule has 23 nitrogen and oxygen atoms in total. The molecule has 3 heterocycles. The number of carbonyl (C=O) groups excluding carboxylic acids is 1. The summed E-state index contributed by atoms with van der Waals surface area (Å²) in [5, 5.41) is 98.1.